The van der Waals surface area contributed by atoms with Crippen molar-refractivity contribution < 1.29 is 37.8 Å². The number of aliphatic hydroxyl groups is 1. The summed E-state index contributed by atoms with van der Waals surface area (Å²) in [7, 11) is -3.48. The van der Waals surface area contributed by atoms with Crippen molar-refractivity contribution in [2.24, 2.45) is 28.6 Å². The highest BCUT2D eigenvalue weighted by Crippen LogP contribution is 2.65. The summed E-state index contributed by atoms with van der Waals surface area (Å²) in [4.78, 5) is 38.9. The van der Waals surface area contributed by atoms with Gasteiger partial charge >= 0.3 is 7.60 Å². The van der Waals surface area contributed by atoms with E-state index in [1.54, 1.807) is 19.9 Å². The van der Waals surface area contributed by atoms with Gasteiger partial charge < -0.3 is 18.9 Å². The number of allylic oxidation sites excluding steroid dienone is 4. The first-order chi connectivity index (χ1) is 16.4. The van der Waals surface area contributed by atoms with Gasteiger partial charge in [-0.2, -0.15) is 0 Å². The van der Waals surface area contributed by atoms with Crippen molar-refractivity contribution >= 4 is 24.9 Å². The van der Waals surface area contributed by atoms with Gasteiger partial charge in [0.15, 0.2) is 11.6 Å². The first-order valence-electron chi connectivity index (χ1n) is 12.6. The van der Waals surface area contributed by atoms with Gasteiger partial charge in [-0.15, -0.1) is 0 Å². The Morgan fingerprint density at radius 3 is 2.54 bits per heavy atom. The van der Waals surface area contributed by atoms with Crippen LogP contribution in [0.3, 0.4) is 0 Å². The van der Waals surface area contributed by atoms with Crippen LogP contribution >= 0.6 is 7.60 Å². The lowest BCUT2D eigenvalue weighted by atomic mass is 9.47. The molecule has 6 atom stereocenters. The monoisotopic (exact) mass is 508 g/mol. The molecule has 4 aliphatic carbocycles. The van der Waals surface area contributed by atoms with Crippen LogP contribution in [0.4, 0.5) is 0 Å². The zero-order valence-corrected chi connectivity index (χ0v) is 22.0. The minimum absolute atomic E-state index is 0.00767. The number of carbonyl (C=O) groups excluding carboxylic acids is 3. The van der Waals surface area contributed by atoms with Gasteiger partial charge in [0.2, 0.25) is 0 Å². The van der Waals surface area contributed by atoms with Crippen LogP contribution < -0.4 is 0 Å². The topological polar surface area (TPSA) is 116 Å². The predicted molar refractivity (Wildman–Crippen MR) is 129 cm³/mol. The van der Waals surface area contributed by atoms with Crippen LogP contribution in [0.25, 0.3) is 0 Å². The number of hydrogen-bond acceptors (Lipinski definition) is 8. The SMILES string of the molecule is CCOP(=O)(COCC(=O)[C@@]1(O)CC[C@H]2[C@@H]3CC=C4CC(=O)C=C[C@]4(C)[C@H]3C(=O)C[C@@]21C)OCC. The molecule has 0 radical (unpaired) electrons. The Morgan fingerprint density at radius 2 is 1.89 bits per heavy atom. The van der Waals surface area contributed by atoms with E-state index < -0.39 is 36.4 Å². The highest BCUT2D eigenvalue weighted by Gasteiger charge is 2.68. The predicted octanol–water partition coefficient (Wildman–Crippen LogP) is 4.01. The van der Waals surface area contributed by atoms with Crippen LogP contribution in [0.15, 0.2) is 23.8 Å². The second-order valence-electron chi connectivity index (χ2n) is 10.8. The number of Topliss-reactive ketones (excluding diaryl/α,β-unsaturated/α-hetero) is 2. The molecule has 2 fully saturated rings. The van der Waals surface area contributed by atoms with Gasteiger partial charge in [-0.05, 0) is 51.0 Å². The third-order valence-electron chi connectivity index (χ3n) is 8.96. The average Bonchev–Trinajstić information content (AvgIpc) is 3.05. The standard InChI is InChI=1S/C26H37O8P/c1-5-33-35(31,34-6-2)16-32-15-22(29)26(30)12-10-20-19-8-7-17-13-18(27)9-11-24(17,3)23(19)21(28)14-25(20,26)4/h7,9,11,19-20,23,30H,5-6,8,10,12-16H2,1-4H3/t19-,20-,23+,24-,25-,26-/m0/s1. The quantitative estimate of drug-likeness (QED) is 0.367. The zero-order chi connectivity index (χ0) is 25.6. The van der Waals surface area contributed by atoms with Crippen molar-refractivity contribution in [3.63, 3.8) is 0 Å². The van der Waals surface area contributed by atoms with E-state index in [9.17, 15) is 24.1 Å². The Balaban J connectivity index is 1.53. The van der Waals surface area contributed by atoms with E-state index in [-0.39, 0.29) is 61.7 Å². The van der Waals surface area contributed by atoms with Crippen molar-refractivity contribution in [2.45, 2.75) is 65.4 Å². The molecule has 0 aromatic carbocycles. The third kappa shape index (κ3) is 4.25. The van der Waals surface area contributed by atoms with Crippen molar-refractivity contribution in [1.29, 1.82) is 0 Å². The summed E-state index contributed by atoms with van der Waals surface area (Å²) in [6.45, 7) is 7.20. The van der Waals surface area contributed by atoms with E-state index >= 15 is 0 Å². The number of fused-ring (bicyclic) bond motifs is 5. The van der Waals surface area contributed by atoms with E-state index in [1.807, 2.05) is 19.9 Å². The molecule has 0 spiro atoms. The summed E-state index contributed by atoms with van der Waals surface area (Å²) in [6.07, 6.45) is 7.19. The van der Waals surface area contributed by atoms with Crippen LogP contribution in [0.2, 0.25) is 0 Å². The maximum absolute atomic E-state index is 13.6. The fourth-order valence-corrected chi connectivity index (χ4v) is 8.60. The van der Waals surface area contributed by atoms with Crippen molar-refractivity contribution in [1.82, 2.24) is 0 Å². The highest BCUT2D eigenvalue weighted by atomic mass is 31.2. The molecule has 0 aromatic rings. The number of ether oxygens (including phenoxy) is 1. The summed E-state index contributed by atoms with van der Waals surface area (Å²) in [5.74, 6) is -0.701. The summed E-state index contributed by atoms with van der Waals surface area (Å²) in [5, 5.41) is 11.7. The summed E-state index contributed by atoms with van der Waals surface area (Å²) in [5.41, 5.74) is -2.11. The Hall–Kier alpha value is -1.44. The molecular formula is C26H37O8P. The lowest BCUT2D eigenvalue weighted by Crippen LogP contribution is -2.60. The van der Waals surface area contributed by atoms with Crippen molar-refractivity contribution in [2.75, 3.05) is 26.2 Å². The molecule has 1 N–H and O–H groups in total. The summed E-state index contributed by atoms with van der Waals surface area (Å²) >= 11 is 0. The molecule has 194 valence electrons. The van der Waals surface area contributed by atoms with Crippen LogP contribution in [-0.2, 0) is 32.7 Å². The second kappa shape index (κ2) is 9.46. The average molecular weight is 509 g/mol. The molecule has 0 amide bonds. The highest BCUT2D eigenvalue weighted by molar-refractivity contribution is 7.53. The van der Waals surface area contributed by atoms with Gasteiger partial charge in [0.05, 0.1) is 13.2 Å². The molecule has 35 heavy (non-hydrogen) atoms. The number of carbonyl (C=O) groups is 3. The molecule has 0 heterocycles. The van der Waals surface area contributed by atoms with Crippen LogP contribution in [-0.4, -0.2) is 54.2 Å². The smallest absolute Gasteiger partial charge is 0.356 e. The Kier molecular flexibility index (Phi) is 7.19. The lowest BCUT2D eigenvalue weighted by molar-refractivity contribution is -0.168. The first kappa shape index (κ1) is 26.6. The van der Waals surface area contributed by atoms with Crippen LogP contribution in [0, 0.1) is 28.6 Å². The van der Waals surface area contributed by atoms with E-state index in [1.165, 1.54) is 0 Å². The van der Waals surface area contributed by atoms with E-state index in [4.69, 9.17) is 13.8 Å². The maximum Gasteiger partial charge on any atom is 0.356 e. The molecule has 8 nitrogen and oxygen atoms in total. The summed E-state index contributed by atoms with van der Waals surface area (Å²) in [6, 6.07) is 0. The van der Waals surface area contributed by atoms with Gasteiger partial charge in [-0.3, -0.25) is 18.9 Å². The third-order valence-corrected chi connectivity index (χ3v) is 10.8. The van der Waals surface area contributed by atoms with E-state index in [2.05, 4.69) is 6.08 Å². The van der Waals surface area contributed by atoms with Crippen LogP contribution in [0.1, 0.15) is 59.8 Å². The number of hydrogen-bond donors (Lipinski definition) is 1. The molecule has 9 heteroatoms. The fraction of sp³-hybridized carbons (Fsp3) is 0.731. The molecule has 0 unspecified atom stereocenters. The largest absolute Gasteiger partial charge is 0.381 e. The van der Waals surface area contributed by atoms with Crippen molar-refractivity contribution in [3.05, 3.63) is 23.8 Å². The first-order valence-corrected chi connectivity index (χ1v) is 14.3. The van der Waals surface area contributed by atoms with Crippen LogP contribution in [0.5, 0.6) is 0 Å². The van der Waals surface area contributed by atoms with Crippen molar-refractivity contribution in [3.8, 4) is 0 Å². The lowest BCUT2D eigenvalue weighted by Gasteiger charge is -2.56. The fourth-order valence-electron chi connectivity index (χ4n) is 7.28. The van der Waals surface area contributed by atoms with Gasteiger partial charge in [-0.1, -0.05) is 31.6 Å². The van der Waals surface area contributed by atoms with E-state index in [0.29, 0.717) is 19.3 Å². The number of ketones is 3. The second-order valence-corrected chi connectivity index (χ2v) is 12.8. The molecule has 2 saturated carbocycles. The van der Waals surface area contributed by atoms with Gasteiger partial charge in [-0.25, -0.2) is 0 Å². The molecule has 0 aromatic heterocycles. The normalized spacial score (nSPS) is 38.5. The molecule has 0 bridgehead atoms. The Bertz CT molecular complexity index is 1010. The molecular weight excluding hydrogens is 471 g/mol. The minimum atomic E-state index is -3.48. The molecule has 0 aliphatic heterocycles. The molecule has 4 rings (SSSR count). The summed E-state index contributed by atoms with van der Waals surface area (Å²) < 4.78 is 28.5. The van der Waals surface area contributed by atoms with Gasteiger partial charge in [0, 0.05) is 29.6 Å². The van der Waals surface area contributed by atoms with E-state index in [0.717, 1.165) is 5.57 Å². The molecule has 0 saturated heterocycles. The van der Waals surface area contributed by atoms with Gasteiger partial charge in [0.25, 0.3) is 0 Å². The van der Waals surface area contributed by atoms with Gasteiger partial charge in [0.1, 0.15) is 24.3 Å². The number of rotatable bonds is 9. The minimum Gasteiger partial charge on any atom is -0.381 e. The molecule has 4 aliphatic rings. The zero-order valence-electron chi connectivity index (χ0n) is 21.1. The maximum atomic E-state index is 13.6. The Labute approximate surface area is 207 Å². The Morgan fingerprint density at radius 1 is 1.20 bits per heavy atom.